The maximum absolute atomic E-state index is 11.8. The summed E-state index contributed by atoms with van der Waals surface area (Å²) in [5.74, 6) is -0.327. The summed E-state index contributed by atoms with van der Waals surface area (Å²) in [7, 11) is 0. The van der Waals surface area contributed by atoms with E-state index in [2.05, 4.69) is 30.4 Å². The lowest BCUT2D eigenvalue weighted by Crippen LogP contribution is -2.18. The lowest BCUT2D eigenvalue weighted by molar-refractivity contribution is -0.137. The molecule has 0 saturated heterocycles. The summed E-state index contributed by atoms with van der Waals surface area (Å²) in [5, 5.41) is 6.75. The van der Waals surface area contributed by atoms with Gasteiger partial charge in [-0.1, -0.05) is 48.6 Å². The fourth-order valence-corrected chi connectivity index (χ4v) is 3.05. The van der Waals surface area contributed by atoms with Crippen LogP contribution >= 0.6 is 0 Å². The van der Waals surface area contributed by atoms with Crippen LogP contribution in [0.2, 0.25) is 0 Å². The smallest absolute Gasteiger partial charge is 0.332 e. The molecule has 3 rings (SSSR count). The first kappa shape index (κ1) is 16.2. The highest BCUT2D eigenvalue weighted by molar-refractivity contribution is 6.02. The highest BCUT2D eigenvalue weighted by atomic mass is 16.5. The molecule has 2 aliphatic rings. The molecular formula is C20H22N2O2. The molecule has 4 nitrogen and oxygen atoms in total. The lowest BCUT2D eigenvalue weighted by atomic mass is 9.98. The third kappa shape index (κ3) is 3.48. The number of rotatable bonds is 5. The number of allylic oxidation sites excluding steroid dienone is 5. The molecule has 0 bridgehead atoms. The van der Waals surface area contributed by atoms with E-state index in [9.17, 15) is 4.79 Å². The normalized spacial score (nSPS) is 20.2. The van der Waals surface area contributed by atoms with E-state index in [1.807, 2.05) is 30.1 Å². The second-order valence-electron chi connectivity index (χ2n) is 5.88. The van der Waals surface area contributed by atoms with Crippen LogP contribution in [0.1, 0.15) is 38.3 Å². The van der Waals surface area contributed by atoms with Gasteiger partial charge in [0.25, 0.3) is 0 Å². The van der Waals surface area contributed by atoms with Gasteiger partial charge in [-0.25, -0.2) is 4.79 Å². The van der Waals surface area contributed by atoms with Crippen molar-refractivity contribution in [1.82, 2.24) is 5.01 Å². The molecule has 0 spiro atoms. The quantitative estimate of drug-likeness (QED) is 0.604. The predicted molar refractivity (Wildman–Crippen MR) is 95.3 cm³/mol. The van der Waals surface area contributed by atoms with Crippen molar-refractivity contribution < 1.29 is 9.53 Å². The van der Waals surface area contributed by atoms with E-state index in [0.29, 0.717) is 6.61 Å². The second kappa shape index (κ2) is 7.30. The molecular weight excluding hydrogens is 300 g/mol. The lowest BCUT2D eigenvalue weighted by Gasteiger charge is -2.24. The van der Waals surface area contributed by atoms with Crippen molar-refractivity contribution in [3.05, 3.63) is 71.5 Å². The van der Waals surface area contributed by atoms with Crippen molar-refractivity contribution in [3.63, 3.8) is 0 Å². The summed E-state index contributed by atoms with van der Waals surface area (Å²) < 4.78 is 5.03. The van der Waals surface area contributed by atoms with Crippen molar-refractivity contribution in [2.45, 2.75) is 32.7 Å². The molecule has 1 aliphatic heterocycles. The van der Waals surface area contributed by atoms with Crippen LogP contribution in [0, 0.1) is 0 Å². The second-order valence-corrected chi connectivity index (χ2v) is 5.88. The summed E-state index contributed by atoms with van der Waals surface area (Å²) in [6.45, 7) is 4.08. The van der Waals surface area contributed by atoms with Crippen molar-refractivity contribution in [1.29, 1.82) is 0 Å². The van der Waals surface area contributed by atoms with Gasteiger partial charge >= 0.3 is 5.97 Å². The molecule has 1 aromatic carbocycles. The van der Waals surface area contributed by atoms with Crippen LogP contribution in [0.15, 0.2) is 71.0 Å². The average Bonchev–Trinajstić information content (AvgIpc) is 3.25. The first-order chi connectivity index (χ1) is 11.7. The van der Waals surface area contributed by atoms with E-state index < -0.39 is 0 Å². The first-order valence-corrected chi connectivity index (χ1v) is 8.32. The van der Waals surface area contributed by atoms with Gasteiger partial charge in [0.05, 0.1) is 18.4 Å². The Morgan fingerprint density at radius 3 is 2.83 bits per heavy atom. The van der Waals surface area contributed by atoms with Gasteiger partial charge in [0.2, 0.25) is 0 Å². The molecule has 1 atom stereocenters. The summed E-state index contributed by atoms with van der Waals surface area (Å²) in [4.78, 5) is 11.8. The molecule has 24 heavy (non-hydrogen) atoms. The minimum atomic E-state index is -0.327. The number of hydrazone groups is 1. The van der Waals surface area contributed by atoms with Crippen LogP contribution in [0.4, 0.5) is 0 Å². The van der Waals surface area contributed by atoms with Crippen LogP contribution in [-0.4, -0.2) is 23.3 Å². The third-order valence-electron chi connectivity index (χ3n) is 4.21. The highest BCUT2D eigenvalue weighted by Gasteiger charge is 2.30. The number of carbonyl (C=O) groups is 1. The summed E-state index contributed by atoms with van der Waals surface area (Å²) in [6, 6.07) is 10.4. The monoisotopic (exact) mass is 322 g/mol. The van der Waals surface area contributed by atoms with Crippen molar-refractivity contribution in [2.75, 3.05) is 6.61 Å². The minimum Gasteiger partial charge on any atom is -0.463 e. The Bertz CT molecular complexity index is 729. The van der Waals surface area contributed by atoms with Gasteiger partial charge in [0.1, 0.15) is 0 Å². The summed E-state index contributed by atoms with van der Waals surface area (Å²) >= 11 is 0. The van der Waals surface area contributed by atoms with Crippen molar-refractivity contribution >= 4 is 11.7 Å². The van der Waals surface area contributed by atoms with Crippen LogP contribution in [0.3, 0.4) is 0 Å². The Kier molecular flexibility index (Phi) is 4.94. The summed E-state index contributed by atoms with van der Waals surface area (Å²) in [5.41, 5.74) is 4.33. The Morgan fingerprint density at radius 1 is 1.38 bits per heavy atom. The molecule has 1 unspecified atom stereocenters. The molecule has 124 valence electrons. The van der Waals surface area contributed by atoms with Crippen LogP contribution in [0.25, 0.3) is 0 Å². The number of esters is 1. The Morgan fingerprint density at radius 2 is 2.17 bits per heavy atom. The topological polar surface area (TPSA) is 41.9 Å². The van der Waals surface area contributed by atoms with Crippen molar-refractivity contribution in [3.8, 4) is 0 Å². The highest BCUT2D eigenvalue weighted by Crippen LogP contribution is 2.36. The zero-order valence-electron chi connectivity index (χ0n) is 14.1. The Balaban J connectivity index is 1.89. The molecule has 0 fully saturated rings. The van der Waals surface area contributed by atoms with Gasteiger partial charge in [-0.15, -0.1) is 0 Å². The number of carbonyl (C=O) groups excluding carboxylic acids is 1. The number of hydrogen-bond acceptors (Lipinski definition) is 4. The largest absolute Gasteiger partial charge is 0.463 e. The Hall–Kier alpha value is -2.62. The summed E-state index contributed by atoms with van der Waals surface area (Å²) in [6.07, 6.45) is 9.61. The number of hydrogen-bond donors (Lipinski definition) is 0. The third-order valence-corrected chi connectivity index (χ3v) is 4.21. The molecule has 0 saturated carbocycles. The number of ether oxygens (including phenoxy) is 1. The van der Waals surface area contributed by atoms with Gasteiger partial charge in [0, 0.05) is 18.2 Å². The van der Waals surface area contributed by atoms with Crippen molar-refractivity contribution in [2.24, 2.45) is 5.10 Å². The molecule has 0 amide bonds. The van der Waals surface area contributed by atoms with E-state index in [-0.39, 0.29) is 12.0 Å². The predicted octanol–water partition coefficient (Wildman–Crippen LogP) is 4.14. The molecule has 1 aromatic rings. The zero-order valence-corrected chi connectivity index (χ0v) is 14.1. The average molecular weight is 322 g/mol. The van der Waals surface area contributed by atoms with E-state index >= 15 is 0 Å². The van der Waals surface area contributed by atoms with Crippen LogP contribution in [-0.2, 0) is 9.53 Å². The number of benzene rings is 1. The minimum absolute atomic E-state index is 0.105. The first-order valence-electron chi connectivity index (χ1n) is 8.32. The fourth-order valence-electron chi connectivity index (χ4n) is 3.05. The Labute approximate surface area is 142 Å². The molecule has 1 heterocycles. The van der Waals surface area contributed by atoms with E-state index in [1.54, 1.807) is 6.92 Å². The van der Waals surface area contributed by atoms with Gasteiger partial charge < -0.3 is 4.74 Å². The van der Waals surface area contributed by atoms with E-state index in [0.717, 1.165) is 24.3 Å². The maximum Gasteiger partial charge on any atom is 0.332 e. The zero-order chi connectivity index (χ0) is 16.9. The van der Waals surface area contributed by atoms with Gasteiger partial charge in [0.15, 0.2) is 0 Å². The molecule has 1 aliphatic carbocycles. The van der Waals surface area contributed by atoms with Crippen LogP contribution < -0.4 is 0 Å². The fraction of sp³-hybridized carbons (Fsp3) is 0.300. The van der Waals surface area contributed by atoms with Gasteiger partial charge in [-0.3, -0.25) is 5.01 Å². The molecule has 0 N–H and O–H groups in total. The van der Waals surface area contributed by atoms with E-state index in [1.165, 1.54) is 17.2 Å². The van der Waals surface area contributed by atoms with E-state index in [4.69, 9.17) is 9.84 Å². The van der Waals surface area contributed by atoms with Crippen LogP contribution in [0.5, 0.6) is 0 Å². The standard InChI is InChI=1S/C20H22N2O2/c1-3-24-20(23)13-15(2)22-19(17-11-5-4-6-12-17)14-18(21-22)16-9-7-8-10-16/h4-9,11-13,19H,3,10,14H2,1-2H3. The van der Waals surface area contributed by atoms with Gasteiger partial charge in [-0.05, 0) is 31.4 Å². The van der Waals surface area contributed by atoms with Gasteiger partial charge in [-0.2, -0.15) is 5.10 Å². The number of nitrogens with zero attached hydrogens (tertiary/aromatic N) is 2. The molecule has 0 radical (unpaired) electrons. The SMILES string of the molecule is CCOC(=O)C=C(C)N1N=C(C2=CC=CC2)CC1c1ccccc1. The maximum atomic E-state index is 11.8. The molecule has 0 aromatic heterocycles. The molecule has 4 heteroatoms.